The highest BCUT2D eigenvalue weighted by Crippen LogP contribution is 2.14. The van der Waals surface area contributed by atoms with Crippen LogP contribution in [-0.2, 0) is 9.53 Å². The molecule has 0 saturated heterocycles. The molecule has 1 aromatic heterocycles. The zero-order valence-corrected chi connectivity index (χ0v) is 15.4. The van der Waals surface area contributed by atoms with Gasteiger partial charge < -0.3 is 15.0 Å². The fourth-order valence-corrected chi connectivity index (χ4v) is 2.37. The number of nitrogens with one attached hydrogen (secondary N) is 1. The first-order valence-electron chi connectivity index (χ1n) is 8.42. The third-order valence-electron chi connectivity index (χ3n) is 4.03. The highest BCUT2D eigenvalue weighted by atomic mass is 16.5. The van der Waals surface area contributed by atoms with Crippen LogP contribution in [0.4, 0.5) is 5.69 Å². The maximum atomic E-state index is 12.5. The smallest absolute Gasteiger partial charge is 0.274 e. The van der Waals surface area contributed by atoms with Gasteiger partial charge in [0.2, 0.25) is 5.91 Å². The summed E-state index contributed by atoms with van der Waals surface area (Å²) < 4.78 is 5.05. The van der Waals surface area contributed by atoms with E-state index in [1.807, 2.05) is 32.0 Å². The number of methoxy groups -OCH3 is 1. The molecular formula is C19H24N4O3. The van der Waals surface area contributed by atoms with Gasteiger partial charge >= 0.3 is 0 Å². The molecule has 0 spiro atoms. The lowest BCUT2D eigenvalue weighted by molar-refractivity contribution is -0.116. The molecule has 0 atom stereocenters. The van der Waals surface area contributed by atoms with Crippen LogP contribution in [0.25, 0.3) is 0 Å². The maximum absolute atomic E-state index is 12.5. The number of nitrogens with zero attached hydrogens (tertiary/aromatic N) is 3. The first-order chi connectivity index (χ1) is 12.5. The van der Waals surface area contributed by atoms with Crippen molar-refractivity contribution in [1.82, 2.24) is 14.9 Å². The van der Waals surface area contributed by atoms with Crippen molar-refractivity contribution in [2.24, 2.45) is 0 Å². The van der Waals surface area contributed by atoms with Crippen LogP contribution in [0.1, 0.15) is 28.0 Å². The maximum Gasteiger partial charge on any atom is 0.274 e. The summed E-state index contributed by atoms with van der Waals surface area (Å²) in [4.78, 5) is 34.3. The highest BCUT2D eigenvalue weighted by molar-refractivity contribution is 5.93. The molecule has 1 aromatic carbocycles. The molecule has 2 aromatic rings. The third-order valence-corrected chi connectivity index (χ3v) is 4.03. The van der Waals surface area contributed by atoms with Crippen molar-refractivity contribution < 1.29 is 14.3 Å². The fraction of sp³-hybridized carbons (Fsp3) is 0.368. The second-order valence-corrected chi connectivity index (χ2v) is 5.97. The number of aromatic nitrogens is 2. The van der Waals surface area contributed by atoms with Crippen molar-refractivity contribution in [3.63, 3.8) is 0 Å². The highest BCUT2D eigenvalue weighted by Gasteiger charge is 2.18. The lowest BCUT2D eigenvalue weighted by atomic mass is 10.1. The van der Waals surface area contributed by atoms with Crippen LogP contribution in [0.15, 0.2) is 36.8 Å². The first kappa shape index (κ1) is 19.5. The summed E-state index contributed by atoms with van der Waals surface area (Å²) in [7, 11) is 1.57. The largest absolute Gasteiger partial charge is 0.383 e. The number of ether oxygens (including phenoxy) is 1. The molecule has 138 valence electrons. The summed E-state index contributed by atoms with van der Waals surface area (Å²) >= 11 is 0. The van der Waals surface area contributed by atoms with E-state index in [0.717, 1.165) is 11.3 Å². The van der Waals surface area contributed by atoms with Gasteiger partial charge in [-0.15, -0.1) is 0 Å². The standard InChI is InChI=1S/C19H24N4O3/c1-14-4-5-16(12-15(14)2)22-18(24)6-9-23(10-11-26-3)19(25)17-13-20-7-8-21-17/h4-5,7-8,12-13H,6,9-11H2,1-3H3,(H,22,24). The summed E-state index contributed by atoms with van der Waals surface area (Å²) in [6.07, 6.45) is 4.57. The molecule has 26 heavy (non-hydrogen) atoms. The van der Waals surface area contributed by atoms with Crippen molar-refractivity contribution in [3.8, 4) is 0 Å². The summed E-state index contributed by atoms with van der Waals surface area (Å²) in [6, 6.07) is 5.77. The Hall–Kier alpha value is -2.80. The molecular weight excluding hydrogens is 332 g/mol. The molecule has 0 aliphatic rings. The van der Waals surface area contributed by atoms with Gasteiger partial charge in [-0.25, -0.2) is 4.98 Å². The van der Waals surface area contributed by atoms with Gasteiger partial charge in [0.15, 0.2) is 0 Å². The van der Waals surface area contributed by atoms with Crippen LogP contribution in [0.3, 0.4) is 0 Å². The summed E-state index contributed by atoms with van der Waals surface area (Å²) in [5.41, 5.74) is 3.28. The summed E-state index contributed by atoms with van der Waals surface area (Å²) in [5, 5.41) is 2.86. The third kappa shape index (κ3) is 5.63. The van der Waals surface area contributed by atoms with Gasteiger partial charge in [0.25, 0.3) is 5.91 Å². The second-order valence-electron chi connectivity index (χ2n) is 5.97. The Morgan fingerprint density at radius 2 is 1.96 bits per heavy atom. The van der Waals surface area contributed by atoms with E-state index in [-0.39, 0.29) is 30.5 Å². The molecule has 1 heterocycles. The zero-order valence-electron chi connectivity index (χ0n) is 15.4. The minimum absolute atomic E-state index is 0.150. The molecule has 0 fully saturated rings. The van der Waals surface area contributed by atoms with E-state index >= 15 is 0 Å². The molecule has 0 saturated carbocycles. The van der Waals surface area contributed by atoms with E-state index in [1.54, 1.807) is 12.0 Å². The average Bonchev–Trinajstić information content (AvgIpc) is 2.65. The van der Waals surface area contributed by atoms with Gasteiger partial charge in [-0.05, 0) is 37.1 Å². The van der Waals surface area contributed by atoms with Crippen molar-refractivity contribution in [1.29, 1.82) is 0 Å². The van der Waals surface area contributed by atoms with Crippen LogP contribution in [0.5, 0.6) is 0 Å². The van der Waals surface area contributed by atoms with Crippen molar-refractivity contribution >= 4 is 17.5 Å². The van der Waals surface area contributed by atoms with Crippen molar-refractivity contribution in [2.45, 2.75) is 20.3 Å². The molecule has 0 unspecified atom stereocenters. The molecule has 0 aliphatic heterocycles. The Balaban J connectivity index is 1.96. The molecule has 0 aliphatic carbocycles. The molecule has 7 heteroatoms. The molecule has 7 nitrogen and oxygen atoms in total. The Kier molecular flexibility index (Phi) is 7.23. The van der Waals surface area contributed by atoms with Crippen molar-refractivity contribution in [3.05, 3.63) is 53.6 Å². The Labute approximate surface area is 153 Å². The monoisotopic (exact) mass is 356 g/mol. The molecule has 2 amide bonds. The van der Waals surface area contributed by atoms with Gasteiger partial charge in [0.05, 0.1) is 12.8 Å². The number of carbonyl (C=O) groups is 2. The van der Waals surface area contributed by atoms with E-state index in [0.29, 0.717) is 13.2 Å². The van der Waals surface area contributed by atoms with Gasteiger partial charge in [0.1, 0.15) is 5.69 Å². The quantitative estimate of drug-likeness (QED) is 0.784. The first-order valence-corrected chi connectivity index (χ1v) is 8.42. The number of hydrogen-bond acceptors (Lipinski definition) is 5. The van der Waals surface area contributed by atoms with Gasteiger partial charge in [0, 0.05) is 44.7 Å². The van der Waals surface area contributed by atoms with E-state index in [2.05, 4.69) is 15.3 Å². The molecule has 0 radical (unpaired) electrons. The molecule has 0 bridgehead atoms. The van der Waals surface area contributed by atoms with Crippen LogP contribution in [0.2, 0.25) is 0 Å². The van der Waals surface area contributed by atoms with E-state index in [9.17, 15) is 9.59 Å². The van der Waals surface area contributed by atoms with Crippen LogP contribution in [0, 0.1) is 13.8 Å². The predicted octanol–water partition coefficient (Wildman–Crippen LogP) is 2.21. The minimum atomic E-state index is -0.269. The van der Waals surface area contributed by atoms with E-state index in [4.69, 9.17) is 4.74 Å². The number of anilines is 1. The van der Waals surface area contributed by atoms with E-state index < -0.39 is 0 Å². The number of rotatable bonds is 8. The normalized spacial score (nSPS) is 10.4. The minimum Gasteiger partial charge on any atom is -0.383 e. The number of aryl methyl sites for hydroxylation is 2. The van der Waals surface area contributed by atoms with Crippen LogP contribution in [-0.4, -0.2) is 53.5 Å². The van der Waals surface area contributed by atoms with Crippen LogP contribution < -0.4 is 5.32 Å². The predicted molar refractivity (Wildman–Crippen MR) is 99.0 cm³/mol. The zero-order chi connectivity index (χ0) is 18.9. The molecule has 2 rings (SSSR count). The van der Waals surface area contributed by atoms with Gasteiger partial charge in [-0.3, -0.25) is 14.6 Å². The fourth-order valence-electron chi connectivity index (χ4n) is 2.37. The van der Waals surface area contributed by atoms with Crippen molar-refractivity contribution in [2.75, 3.05) is 32.1 Å². The average molecular weight is 356 g/mol. The number of benzene rings is 1. The topological polar surface area (TPSA) is 84.4 Å². The number of hydrogen-bond donors (Lipinski definition) is 1. The van der Waals surface area contributed by atoms with E-state index in [1.165, 1.54) is 24.2 Å². The summed E-state index contributed by atoms with van der Waals surface area (Å²) in [5.74, 6) is -0.420. The summed E-state index contributed by atoms with van der Waals surface area (Å²) in [6.45, 7) is 5.05. The Bertz CT molecular complexity index is 750. The van der Waals surface area contributed by atoms with Gasteiger partial charge in [-0.1, -0.05) is 6.07 Å². The molecule has 1 N–H and O–H groups in total. The second kappa shape index (κ2) is 9.62. The number of carbonyl (C=O) groups excluding carboxylic acids is 2. The lowest BCUT2D eigenvalue weighted by Crippen LogP contribution is -2.36. The number of amides is 2. The van der Waals surface area contributed by atoms with Crippen LogP contribution >= 0.6 is 0 Å². The Morgan fingerprint density at radius 3 is 2.62 bits per heavy atom. The van der Waals surface area contributed by atoms with Gasteiger partial charge in [-0.2, -0.15) is 0 Å². The Morgan fingerprint density at radius 1 is 1.15 bits per heavy atom. The lowest BCUT2D eigenvalue weighted by Gasteiger charge is -2.21. The SMILES string of the molecule is COCCN(CCC(=O)Nc1ccc(C)c(C)c1)C(=O)c1cnccn1.